The van der Waals surface area contributed by atoms with Crippen molar-refractivity contribution in [2.45, 2.75) is 13.1 Å². The number of halogens is 4. The molecule has 0 bridgehead atoms. The first-order valence-electron chi connectivity index (χ1n) is 8.58. The van der Waals surface area contributed by atoms with Crippen molar-refractivity contribution in [1.82, 2.24) is 9.97 Å². The van der Waals surface area contributed by atoms with Gasteiger partial charge in [-0.2, -0.15) is 18.2 Å². The van der Waals surface area contributed by atoms with Gasteiger partial charge in [0.15, 0.2) is 11.5 Å². The number of hydrogen-bond acceptors (Lipinski definition) is 4. The van der Waals surface area contributed by atoms with Gasteiger partial charge in [0.05, 0.1) is 11.1 Å². The van der Waals surface area contributed by atoms with Gasteiger partial charge in [0, 0.05) is 10.6 Å². The van der Waals surface area contributed by atoms with Crippen LogP contribution in [0.15, 0.2) is 54.6 Å². The van der Waals surface area contributed by atoms with Crippen LogP contribution in [0.3, 0.4) is 0 Å². The third-order valence-electron chi connectivity index (χ3n) is 3.93. The van der Waals surface area contributed by atoms with Crippen molar-refractivity contribution >= 4 is 23.6 Å². The quantitative estimate of drug-likeness (QED) is 0.507. The highest BCUT2D eigenvalue weighted by atomic mass is 35.5. The van der Waals surface area contributed by atoms with Gasteiger partial charge in [0.1, 0.15) is 5.75 Å². The van der Waals surface area contributed by atoms with Crippen LogP contribution < -0.4 is 4.74 Å². The molecule has 30 heavy (non-hydrogen) atoms. The van der Waals surface area contributed by atoms with Crippen LogP contribution >= 0.6 is 11.6 Å². The Kier molecular flexibility index (Phi) is 6.07. The maximum Gasteiger partial charge on any atom is 0.434 e. The minimum atomic E-state index is -4.76. The fourth-order valence-electron chi connectivity index (χ4n) is 2.56. The number of ether oxygens (including phenoxy) is 1. The Morgan fingerprint density at radius 2 is 1.70 bits per heavy atom. The summed E-state index contributed by atoms with van der Waals surface area (Å²) in [4.78, 5) is 18.9. The molecule has 5 nitrogen and oxygen atoms in total. The van der Waals surface area contributed by atoms with Crippen molar-refractivity contribution < 1.29 is 27.8 Å². The Bertz CT molecular complexity index is 1100. The molecule has 9 heteroatoms. The standard InChI is InChI=1S/C21H14ClF3N2O3/c1-2-3-16-17(21(23,24)25)26-18(12-4-8-14(22)9-5-12)27-19(16)30-15-10-6-13(7-11-15)20(28)29/h2-11H,1H3,(H,28,29)/b3-2-. The lowest BCUT2D eigenvalue weighted by molar-refractivity contribution is -0.141. The van der Waals surface area contributed by atoms with E-state index < -0.39 is 17.8 Å². The van der Waals surface area contributed by atoms with Gasteiger partial charge in [-0.1, -0.05) is 23.8 Å². The van der Waals surface area contributed by atoms with Crippen LogP contribution in [0.25, 0.3) is 17.5 Å². The van der Waals surface area contributed by atoms with Crippen molar-refractivity contribution in [3.05, 3.63) is 76.5 Å². The Labute approximate surface area is 174 Å². The summed E-state index contributed by atoms with van der Waals surface area (Å²) in [6.07, 6.45) is -2.14. The number of carbonyl (C=O) groups is 1. The fraction of sp³-hybridized carbons (Fsp3) is 0.0952. The van der Waals surface area contributed by atoms with E-state index in [9.17, 15) is 18.0 Å². The first-order valence-corrected chi connectivity index (χ1v) is 8.96. The van der Waals surface area contributed by atoms with Gasteiger partial charge in [-0.05, 0) is 55.5 Å². The predicted octanol–water partition coefficient (Wildman–Crippen LogP) is 6.34. The zero-order valence-corrected chi connectivity index (χ0v) is 16.2. The molecule has 0 aliphatic carbocycles. The van der Waals surface area contributed by atoms with Gasteiger partial charge >= 0.3 is 12.1 Å². The van der Waals surface area contributed by atoms with E-state index in [1.807, 2.05) is 0 Å². The average Bonchev–Trinajstić information content (AvgIpc) is 2.69. The molecule has 2 aromatic carbocycles. The summed E-state index contributed by atoms with van der Waals surface area (Å²) in [7, 11) is 0. The second-order valence-corrected chi connectivity index (χ2v) is 6.49. The summed E-state index contributed by atoms with van der Waals surface area (Å²) in [5.41, 5.74) is -1.16. The molecule has 0 radical (unpaired) electrons. The zero-order valence-electron chi connectivity index (χ0n) is 15.4. The van der Waals surface area contributed by atoms with Gasteiger partial charge in [-0.25, -0.2) is 9.78 Å². The number of alkyl halides is 3. The average molecular weight is 435 g/mol. The molecular formula is C21H14ClF3N2O3. The number of benzene rings is 2. The van der Waals surface area contributed by atoms with E-state index in [4.69, 9.17) is 21.4 Å². The second-order valence-electron chi connectivity index (χ2n) is 6.05. The van der Waals surface area contributed by atoms with Gasteiger partial charge in [0.25, 0.3) is 0 Å². The predicted molar refractivity (Wildman–Crippen MR) is 106 cm³/mol. The van der Waals surface area contributed by atoms with Crippen molar-refractivity contribution in [2.75, 3.05) is 0 Å². The van der Waals surface area contributed by atoms with E-state index in [-0.39, 0.29) is 28.6 Å². The Morgan fingerprint density at radius 1 is 1.07 bits per heavy atom. The van der Waals surface area contributed by atoms with Crippen LogP contribution in [-0.2, 0) is 6.18 Å². The van der Waals surface area contributed by atoms with E-state index in [2.05, 4.69) is 9.97 Å². The van der Waals surface area contributed by atoms with E-state index in [1.54, 1.807) is 6.92 Å². The van der Waals surface area contributed by atoms with Crippen LogP contribution in [0.4, 0.5) is 13.2 Å². The lowest BCUT2D eigenvalue weighted by atomic mass is 10.1. The number of aromatic nitrogens is 2. The lowest BCUT2D eigenvalue weighted by Crippen LogP contribution is -2.13. The van der Waals surface area contributed by atoms with E-state index in [0.717, 1.165) is 0 Å². The highest BCUT2D eigenvalue weighted by molar-refractivity contribution is 6.30. The molecule has 1 heterocycles. The number of carboxylic acids is 1. The number of rotatable bonds is 5. The molecule has 1 aromatic heterocycles. The molecular weight excluding hydrogens is 421 g/mol. The van der Waals surface area contributed by atoms with Crippen LogP contribution in [0, 0.1) is 0 Å². The summed E-state index contributed by atoms with van der Waals surface area (Å²) >= 11 is 5.85. The molecule has 0 spiro atoms. The van der Waals surface area contributed by atoms with Gasteiger partial charge in [0.2, 0.25) is 5.88 Å². The number of hydrogen-bond donors (Lipinski definition) is 1. The normalized spacial score (nSPS) is 11.6. The van der Waals surface area contributed by atoms with Gasteiger partial charge in [-0.15, -0.1) is 0 Å². The minimum Gasteiger partial charge on any atom is -0.478 e. The van der Waals surface area contributed by atoms with E-state index in [0.29, 0.717) is 10.6 Å². The van der Waals surface area contributed by atoms with Crippen molar-refractivity contribution in [2.24, 2.45) is 0 Å². The smallest absolute Gasteiger partial charge is 0.434 e. The maximum absolute atomic E-state index is 13.7. The zero-order chi connectivity index (χ0) is 21.9. The number of aromatic carboxylic acids is 1. The summed E-state index contributed by atoms with van der Waals surface area (Å²) in [5.74, 6) is -1.52. The third-order valence-corrected chi connectivity index (χ3v) is 4.18. The lowest BCUT2D eigenvalue weighted by Gasteiger charge is -2.15. The van der Waals surface area contributed by atoms with E-state index in [1.165, 1.54) is 60.7 Å². The molecule has 0 aliphatic rings. The van der Waals surface area contributed by atoms with Crippen LogP contribution in [0.1, 0.15) is 28.5 Å². The number of allylic oxidation sites excluding steroid dienone is 1. The third kappa shape index (κ3) is 4.77. The Balaban J connectivity index is 2.16. The largest absolute Gasteiger partial charge is 0.478 e. The van der Waals surface area contributed by atoms with Crippen LogP contribution in [0.5, 0.6) is 11.6 Å². The minimum absolute atomic E-state index is 0.0107. The summed E-state index contributed by atoms with van der Waals surface area (Å²) in [6.45, 7) is 1.55. The first-order chi connectivity index (χ1) is 14.2. The molecule has 0 aliphatic heterocycles. The summed E-state index contributed by atoms with van der Waals surface area (Å²) in [6, 6.07) is 11.2. The topological polar surface area (TPSA) is 72.3 Å². The van der Waals surface area contributed by atoms with Gasteiger partial charge < -0.3 is 9.84 Å². The molecule has 0 saturated heterocycles. The fourth-order valence-corrected chi connectivity index (χ4v) is 2.69. The Morgan fingerprint density at radius 3 is 2.23 bits per heavy atom. The molecule has 1 N–H and O–H groups in total. The van der Waals surface area contributed by atoms with Crippen molar-refractivity contribution in [3.63, 3.8) is 0 Å². The number of carboxylic acid groups (broad SMARTS) is 1. The molecule has 3 aromatic rings. The molecule has 3 rings (SSSR count). The monoisotopic (exact) mass is 434 g/mol. The highest BCUT2D eigenvalue weighted by Gasteiger charge is 2.37. The molecule has 0 atom stereocenters. The molecule has 154 valence electrons. The van der Waals surface area contributed by atoms with Crippen molar-refractivity contribution in [1.29, 1.82) is 0 Å². The molecule has 0 unspecified atom stereocenters. The first kappa shape index (κ1) is 21.3. The number of nitrogens with zero attached hydrogens (tertiary/aromatic N) is 2. The molecule has 0 saturated carbocycles. The highest BCUT2D eigenvalue weighted by Crippen LogP contribution is 2.38. The molecule has 0 amide bonds. The van der Waals surface area contributed by atoms with E-state index >= 15 is 0 Å². The van der Waals surface area contributed by atoms with Crippen LogP contribution in [-0.4, -0.2) is 21.0 Å². The van der Waals surface area contributed by atoms with Crippen LogP contribution in [0.2, 0.25) is 5.02 Å². The molecule has 0 fully saturated rings. The van der Waals surface area contributed by atoms with Gasteiger partial charge in [-0.3, -0.25) is 0 Å². The second kappa shape index (κ2) is 8.54. The van der Waals surface area contributed by atoms with Crippen molar-refractivity contribution in [3.8, 4) is 23.0 Å². The summed E-state index contributed by atoms with van der Waals surface area (Å²) < 4.78 is 46.8. The maximum atomic E-state index is 13.7. The Hall–Kier alpha value is -3.39. The SMILES string of the molecule is C/C=C\c1c(Oc2ccc(C(=O)O)cc2)nc(-c2ccc(Cl)cc2)nc1C(F)(F)F. The summed E-state index contributed by atoms with van der Waals surface area (Å²) in [5, 5.41) is 9.39.